The highest BCUT2D eigenvalue weighted by Gasteiger charge is 2.23. The molecule has 15 heavy (non-hydrogen) atoms. The van der Waals surface area contributed by atoms with Gasteiger partial charge in [-0.15, -0.1) is 0 Å². The number of nitrogens with one attached hydrogen (secondary N) is 1. The SMILES string of the molecule is CCCCC(CC)C(=O)NC(C)(C)C#N. The van der Waals surface area contributed by atoms with Crippen molar-refractivity contribution in [2.45, 2.75) is 58.9 Å². The van der Waals surface area contributed by atoms with Crippen LogP contribution in [0, 0.1) is 17.2 Å². The topological polar surface area (TPSA) is 52.9 Å². The molecule has 0 aliphatic carbocycles. The molecular formula is C12H22N2O. The molecule has 1 N–H and O–H groups in total. The van der Waals surface area contributed by atoms with Crippen molar-refractivity contribution < 1.29 is 4.79 Å². The van der Waals surface area contributed by atoms with Crippen LogP contribution >= 0.6 is 0 Å². The van der Waals surface area contributed by atoms with Crippen molar-refractivity contribution in [3.8, 4) is 6.07 Å². The van der Waals surface area contributed by atoms with Gasteiger partial charge < -0.3 is 5.32 Å². The van der Waals surface area contributed by atoms with Crippen molar-refractivity contribution >= 4 is 5.91 Å². The molecule has 0 aliphatic rings. The minimum Gasteiger partial charge on any atom is -0.338 e. The van der Waals surface area contributed by atoms with Crippen LogP contribution in [0.5, 0.6) is 0 Å². The summed E-state index contributed by atoms with van der Waals surface area (Å²) >= 11 is 0. The van der Waals surface area contributed by atoms with Gasteiger partial charge in [0.2, 0.25) is 5.91 Å². The second kappa shape index (κ2) is 6.44. The number of unbranched alkanes of at least 4 members (excludes halogenated alkanes) is 1. The van der Waals surface area contributed by atoms with Crippen molar-refractivity contribution in [2.75, 3.05) is 0 Å². The first-order valence-electron chi connectivity index (χ1n) is 5.70. The molecule has 1 amide bonds. The molecule has 0 heterocycles. The zero-order valence-corrected chi connectivity index (χ0v) is 10.3. The maximum Gasteiger partial charge on any atom is 0.224 e. The van der Waals surface area contributed by atoms with Crippen molar-refractivity contribution in [3.05, 3.63) is 0 Å². The van der Waals surface area contributed by atoms with Crippen molar-refractivity contribution in [1.82, 2.24) is 5.32 Å². The van der Waals surface area contributed by atoms with Crippen LogP contribution in [0.4, 0.5) is 0 Å². The minimum absolute atomic E-state index is 0.0116. The Labute approximate surface area is 92.9 Å². The van der Waals surface area contributed by atoms with Gasteiger partial charge in [-0.25, -0.2) is 0 Å². The van der Waals surface area contributed by atoms with E-state index < -0.39 is 5.54 Å². The summed E-state index contributed by atoms with van der Waals surface area (Å²) in [4.78, 5) is 11.8. The van der Waals surface area contributed by atoms with Crippen LogP contribution in [0.15, 0.2) is 0 Å². The normalized spacial score (nSPS) is 13.0. The average molecular weight is 210 g/mol. The quantitative estimate of drug-likeness (QED) is 0.732. The van der Waals surface area contributed by atoms with Crippen molar-refractivity contribution in [3.63, 3.8) is 0 Å². The second-order valence-corrected chi connectivity index (χ2v) is 4.47. The molecule has 0 radical (unpaired) electrons. The highest BCUT2D eigenvalue weighted by atomic mass is 16.2. The standard InChI is InChI=1S/C12H22N2O/c1-5-7-8-10(6-2)11(15)14-12(3,4)9-13/h10H,5-8H2,1-4H3,(H,14,15). The Kier molecular flexibility index (Phi) is 6.00. The lowest BCUT2D eigenvalue weighted by atomic mass is 9.96. The molecule has 0 bridgehead atoms. The molecule has 0 fully saturated rings. The summed E-state index contributed by atoms with van der Waals surface area (Å²) in [5.74, 6) is 0.0649. The Hall–Kier alpha value is -1.04. The van der Waals surface area contributed by atoms with Gasteiger partial charge in [0.25, 0.3) is 0 Å². The Morgan fingerprint density at radius 2 is 2.07 bits per heavy atom. The smallest absolute Gasteiger partial charge is 0.224 e. The molecule has 1 atom stereocenters. The van der Waals surface area contributed by atoms with Gasteiger partial charge in [-0.3, -0.25) is 4.79 Å². The van der Waals surface area contributed by atoms with Crippen LogP contribution in [0.3, 0.4) is 0 Å². The Bertz CT molecular complexity index is 240. The summed E-state index contributed by atoms with van der Waals surface area (Å²) < 4.78 is 0. The zero-order chi connectivity index (χ0) is 11.9. The molecule has 0 aliphatic heterocycles. The van der Waals surface area contributed by atoms with E-state index >= 15 is 0 Å². The molecular weight excluding hydrogens is 188 g/mol. The molecule has 0 saturated carbocycles. The van der Waals surface area contributed by atoms with Gasteiger partial charge >= 0.3 is 0 Å². The summed E-state index contributed by atoms with van der Waals surface area (Å²) in [6.07, 6.45) is 3.93. The third-order valence-corrected chi connectivity index (χ3v) is 2.48. The zero-order valence-electron chi connectivity index (χ0n) is 10.3. The third-order valence-electron chi connectivity index (χ3n) is 2.48. The lowest BCUT2D eigenvalue weighted by Crippen LogP contribution is -2.45. The molecule has 0 aromatic rings. The van der Waals surface area contributed by atoms with Crippen LogP contribution < -0.4 is 5.32 Å². The number of hydrogen-bond donors (Lipinski definition) is 1. The van der Waals surface area contributed by atoms with E-state index in [1.807, 2.05) is 6.92 Å². The second-order valence-electron chi connectivity index (χ2n) is 4.47. The predicted octanol–water partition coefficient (Wildman–Crippen LogP) is 2.62. The fourth-order valence-corrected chi connectivity index (χ4v) is 1.41. The van der Waals surface area contributed by atoms with Crippen LogP contribution in [0.1, 0.15) is 53.4 Å². The van der Waals surface area contributed by atoms with E-state index in [9.17, 15) is 4.79 Å². The molecule has 0 aromatic heterocycles. The van der Waals surface area contributed by atoms with Crippen LogP contribution in [0.25, 0.3) is 0 Å². The number of nitrogens with zero attached hydrogens (tertiary/aromatic N) is 1. The molecule has 0 rings (SSSR count). The Balaban J connectivity index is 4.23. The highest BCUT2D eigenvalue weighted by Crippen LogP contribution is 2.14. The largest absolute Gasteiger partial charge is 0.338 e. The van der Waals surface area contributed by atoms with E-state index in [2.05, 4.69) is 18.3 Å². The van der Waals surface area contributed by atoms with E-state index in [-0.39, 0.29) is 11.8 Å². The summed E-state index contributed by atoms with van der Waals surface area (Å²) in [5, 5.41) is 11.6. The van der Waals surface area contributed by atoms with E-state index in [0.29, 0.717) is 0 Å². The minimum atomic E-state index is -0.753. The summed E-state index contributed by atoms with van der Waals surface area (Å²) in [5.41, 5.74) is -0.753. The van der Waals surface area contributed by atoms with Gasteiger partial charge in [0, 0.05) is 5.92 Å². The fourth-order valence-electron chi connectivity index (χ4n) is 1.41. The molecule has 3 heteroatoms. The van der Waals surface area contributed by atoms with Crippen molar-refractivity contribution in [2.24, 2.45) is 5.92 Å². The van der Waals surface area contributed by atoms with Crippen LogP contribution in [-0.2, 0) is 4.79 Å². The van der Waals surface area contributed by atoms with E-state index in [1.54, 1.807) is 13.8 Å². The van der Waals surface area contributed by atoms with Gasteiger partial charge in [0.15, 0.2) is 0 Å². The molecule has 0 aromatic carbocycles. The van der Waals surface area contributed by atoms with Crippen molar-refractivity contribution in [1.29, 1.82) is 5.26 Å². The molecule has 86 valence electrons. The predicted molar refractivity (Wildman–Crippen MR) is 61.1 cm³/mol. The maximum atomic E-state index is 11.8. The number of amides is 1. The molecule has 3 nitrogen and oxygen atoms in total. The van der Waals surface area contributed by atoms with E-state index in [0.717, 1.165) is 25.7 Å². The van der Waals surface area contributed by atoms with Crippen LogP contribution in [0.2, 0.25) is 0 Å². The summed E-state index contributed by atoms with van der Waals surface area (Å²) in [6, 6.07) is 2.08. The molecule has 1 unspecified atom stereocenters. The molecule has 0 spiro atoms. The van der Waals surface area contributed by atoms with Crippen LogP contribution in [-0.4, -0.2) is 11.4 Å². The number of carbonyl (C=O) groups excluding carboxylic acids is 1. The van der Waals surface area contributed by atoms with Gasteiger partial charge in [0.1, 0.15) is 5.54 Å². The summed E-state index contributed by atoms with van der Waals surface area (Å²) in [6.45, 7) is 7.57. The number of hydrogen-bond acceptors (Lipinski definition) is 2. The summed E-state index contributed by atoms with van der Waals surface area (Å²) in [7, 11) is 0. The Morgan fingerprint density at radius 1 is 1.47 bits per heavy atom. The average Bonchev–Trinajstić information content (AvgIpc) is 2.18. The first kappa shape index (κ1) is 14.0. The lowest BCUT2D eigenvalue weighted by molar-refractivity contribution is -0.126. The fraction of sp³-hybridized carbons (Fsp3) is 0.833. The highest BCUT2D eigenvalue weighted by molar-refractivity contribution is 5.79. The third kappa shape index (κ3) is 5.41. The van der Waals surface area contributed by atoms with E-state index in [4.69, 9.17) is 5.26 Å². The van der Waals surface area contributed by atoms with Gasteiger partial charge in [-0.05, 0) is 26.7 Å². The lowest BCUT2D eigenvalue weighted by Gasteiger charge is -2.21. The number of nitriles is 1. The number of rotatable bonds is 6. The number of carbonyl (C=O) groups is 1. The molecule has 0 saturated heterocycles. The Morgan fingerprint density at radius 3 is 2.47 bits per heavy atom. The first-order chi connectivity index (χ1) is 6.96. The first-order valence-corrected chi connectivity index (χ1v) is 5.70. The van der Waals surface area contributed by atoms with Gasteiger partial charge in [-0.1, -0.05) is 26.7 Å². The maximum absolute atomic E-state index is 11.8. The monoisotopic (exact) mass is 210 g/mol. The van der Waals surface area contributed by atoms with E-state index in [1.165, 1.54) is 0 Å². The van der Waals surface area contributed by atoms with Gasteiger partial charge in [-0.2, -0.15) is 5.26 Å². The van der Waals surface area contributed by atoms with Gasteiger partial charge in [0.05, 0.1) is 6.07 Å².